The Bertz CT molecular complexity index is 588. The molecule has 3 nitrogen and oxygen atoms in total. The Labute approximate surface area is 126 Å². The molecule has 0 bridgehead atoms. The van der Waals surface area contributed by atoms with Gasteiger partial charge < -0.3 is 10.1 Å². The van der Waals surface area contributed by atoms with E-state index in [0.717, 1.165) is 12.1 Å². The van der Waals surface area contributed by atoms with Crippen LogP contribution in [-0.4, -0.2) is 13.1 Å². The van der Waals surface area contributed by atoms with Crippen LogP contribution in [0.3, 0.4) is 0 Å². The smallest absolute Gasteiger partial charge is 0.337 e. The van der Waals surface area contributed by atoms with Crippen molar-refractivity contribution < 1.29 is 9.53 Å². The van der Waals surface area contributed by atoms with Crippen molar-refractivity contribution in [1.82, 2.24) is 5.32 Å². The molecule has 0 aromatic heterocycles. The lowest BCUT2D eigenvalue weighted by atomic mass is 10.1. The lowest BCUT2D eigenvalue weighted by Gasteiger charge is -2.14. The Morgan fingerprint density at radius 2 is 1.71 bits per heavy atom. The molecule has 1 atom stereocenters. The molecule has 0 heterocycles. The van der Waals surface area contributed by atoms with Gasteiger partial charge in [-0.2, -0.15) is 0 Å². The van der Waals surface area contributed by atoms with E-state index >= 15 is 0 Å². The number of benzene rings is 2. The van der Waals surface area contributed by atoms with Crippen molar-refractivity contribution in [1.29, 1.82) is 0 Å². The van der Waals surface area contributed by atoms with Crippen LogP contribution in [0.1, 0.15) is 40.0 Å². The van der Waals surface area contributed by atoms with Gasteiger partial charge in [-0.25, -0.2) is 4.79 Å². The number of hydrogen-bond donors (Lipinski definition) is 1. The standard InChI is InChI=1S/C18H21NO2/c1-13-4-8-16(9-5-13)14(2)19-12-15-6-10-17(11-7-15)18(20)21-3/h4-11,14,19H,12H2,1-3H3/t14-/m0/s1. The first kappa shape index (κ1) is 15.3. The summed E-state index contributed by atoms with van der Waals surface area (Å²) in [7, 11) is 1.39. The highest BCUT2D eigenvalue weighted by Gasteiger charge is 2.06. The van der Waals surface area contributed by atoms with E-state index < -0.39 is 0 Å². The second kappa shape index (κ2) is 7.04. The first-order chi connectivity index (χ1) is 10.1. The van der Waals surface area contributed by atoms with E-state index in [9.17, 15) is 4.79 Å². The summed E-state index contributed by atoms with van der Waals surface area (Å²) in [4.78, 5) is 11.4. The van der Waals surface area contributed by atoms with Gasteiger partial charge in [0.2, 0.25) is 0 Å². The van der Waals surface area contributed by atoms with Crippen molar-refractivity contribution in [2.75, 3.05) is 7.11 Å². The molecule has 0 aliphatic carbocycles. The van der Waals surface area contributed by atoms with Gasteiger partial charge in [-0.3, -0.25) is 0 Å². The number of carbonyl (C=O) groups is 1. The molecule has 2 aromatic rings. The van der Waals surface area contributed by atoms with Crippen molar-refractivity contribution in [2.24, 2.45) is 0 Å². The van der Waals surface area contributed by atoms with Gasteiger partial charge >= 0.3 is 5.97 Å². The average Bonchev–Trinajstić information content (AvgIpc) is 2.53. The molecule has 1 N–H and O–H groups in total. The highest BCUT2D eigenvalue weighted by atomic mass is 16.5. The summed E-state index contributed by atoms with van der Waals surface area (Å²) in [6.45, 7) is 4.99. The number of nitrogens with one attached hydrogen (secondary N) is 1. The minimum Gasteiger partial charge on any atom is -0.465 e. The molecule has 0 radical (unpaired) electrons. The third kappa shape index (κ3) is 4.17. The van der Waals surface area contributed by atoms with Crippen LogP contribution < -0.4 is 5.32 Å². The third-order valence-electron chi connectivity index (χ3n) is 3.56. The van der Waals surface area contributed by atoms with Crippen LogP contribution in [0.25, 0.3) is 0 Å². The summed E-state index contributed by atoms with van der Waals surface area (Å²) >= 11 is 0. The summed E-state index contributed by atoms with van der Waals surface area (Å²) in [5.41, 5.74) is 4.26. The summed E-state index contributed by atoms with van der Waals surface area (Å²) in [5.74, 6) is -0.303. The van der Waals surface area contributed by atoms with Crippen molar-refractivity contribution in [2.45, 2.75) is 26.4 Å². The Kier molecular flexibility index (Phi) is 5.12. The maximum absolute atomic E-state index is 11.4. The monoisotopic (exact) mass is 283 g/mol. The molecule has 0 aliphatic rings. The van der Waals surface area contributed by atoms with Crippen molar-refractivity contribution in [3.8, 4) is 0 Å². The topological polar surface area (TPSA) is 38.3 Å². The predicted molar refractivity (Wildman–Crippen MR) is 84.2 cm³/mol. The number of carbonyl (C=O) groups excluding carboxylic acids is 1. The molecule has 0 aliphatic heterocycles. The molecule has 0 spiro atoms. The van der Waals surface area contributed by atoms with Gasteiger partial charge in [-0.1, -0.05) is 42.0 Å². The zero-order valence-electron chi connectivity index (χ0n) is 12.7. The lowest BCUT2D eigenvalue weighted by Crippen LogP contribution is -2.18. The normalized spacial score (nSPS) is 12.0. The molecule has 110 valence electrons. The van der Waals surface area contributed by atoms with E-state index in [0.29, 0.717) is 5.56 Å². The SMILES string of the molecule is COC(=O)c1ccc(CN[C@@H](C)c2ccc(C)cc2)cc1. The minimum absolute atomic E-state index is 0.283. The summed E-state index contributed by atoms with van der Waals surface area (Å²) in [6, 6.07) is 16.3. The van der Waals surface area contributed by atoms with E-state index in [-0.39, 0.29) is 12.0 Å². The van der Waals surface area contributed by atoms with Crippen molar-refractivity contribution in [3.63, 3.8) is 0 Å². The Morgan fingerprint density at radius 1 is 1.10 bits per heavy atom. The Balaban J connectivity index is 1.93. The Morgan fingerprint density at radius 3 is 2.29 bits per heavy atom. The first-order valence-electron chi connectivity index (χ1n) is 7.07. The van der Waals surface area contributed by atoms with Gasteiger partial charge in [0.15, 0.2) is 0 Å². The molecule has 21 heavy (non-hydrogen) atoms. The second-order valence-electron chi connectivity index (χ2n) is 5.20. The molecule has 2 rings (SSSR count). The van der Waals surface area contributed by atoms with Crippen LogP contribution >= 0.6 is 0 Å². The third-order valence-corrected chi connectivity index (χ3v) is 3.56. The summed E-state index contributed by atoms with van der Waals surface area (Å²) < 4.78 is 4.69. The fourth-order valence-corrected chi connectivity index (χ4v) is 2.12. The van der Waals surface area contributed by atoms with Crippen LogP contribution in [-0.2, 0) is 11.3 Å². The highest BCUT2D eigenvalue weighted by molar-refractivity contribution is 5.89. The van der Waals surface area contributed by atoms with Gasteiger partial charge in [0, 0.05) is 12.6 Å². The van der Waals surface area contributed by atoms with Crippen molar-refractivity contribution in [3.05, 3.63) is 70.8 Å². The van der Waals surface area contributed by atoms with Crippen molar-refractivity contribution >= 4 is 5.97 Å². The zero-order valence-corrected chi connectivity index (χ0v) is 12.7. The van der Waals surface area contributed by atoms with Gasteiger partial charge in [0.05, 0.1) is 12.7 Å². The predicted octanol–water partition coefficient (Wildman–Crippen LogP) is 3.63. The molecule has 0 saturated carbocycles. The number of aryl methyl sites for hydroxylation is 1. The Hall–Kier alpha value is -2.13. The quantitative estimate of drug-likeness (QED) is 0.852. The molecule has 0 unspecified atom stereocenters. The van der Waals surface area contributed by atoms with Crippen LogP contribution in [0.5, 0.6) is 0 Å². The van der Waals surface area contributed by atoms with E-state index in [1.165, 1.54) is 18.2 Å². The average molecular weight is 283 g/mol. The van der Waals surface area contributed by atoms with E-state index in [1.807, 2.05) is 12.1 Å². The van der Waals surface area contributed by atoms with E-state index in [1.54, 1.807) is 12.1 Å². The molecule has 2 aromatic carbocycles. The van der Waals surface area contributed by atoms with E-state index in [4.69, 9.17) is 0 Å². The van der Waals surface area contributed by atoms with Gasteiger partial charge in [0.25, 0.3) is 0 Å². The van der Waals surface area contributed by atoms with Gasteiger partial charge in [0.1, 0.15) is 0 Å². The van der Waals surface area contributed by atoms with Gasteiger partial charge in [-0.15, -0.1) is 0 Å². The fourth-order valence-electron chi connectivity index (χ4n) is 2.12. The summed E-state index contributed by atoms with van der Waals surface area (Å²) in [6.07, 6.45) is 0. The molecule has 3 heteroatoms. The largest absolute Gasteiger partial charge is 0.465 e. The van der Waals surface area contributed by atoms with E-state index in [2.05, 4.69) is 48.2 Å². The molecular weight excluding hydrogens is 262 g/mol. The molecule has 0 fully saturated rings. The van der Waals surface area contributed by atoms with Crippen LogP contribution in [0.4, 0.5) is 0 Å². The zero-order chi connectivity index (χ0) is 15.2. The molecule has 0 saturated heterocycles. The maximum atomic E-state index is 11.4. The van der Waals surface area contributed by atoms with Crippen LogP contribution in [0.2, 0.25) is 0 Å². The molecular formula is C18H21NO2. The number of rotatable bonds is 5. The number of hydrogen-bond acceptors (Lipinski definition) is 3. The highest BCUT2D eigenvalue weighted by Crippen LogP contribution is 2.14. The molecule has 0 amide bonds. The van der Waals surface area contributed by atoms with Gasteiger partial charge in [-0.05, 0) is 37.1 Å². The summed E-state index contributed by atoms with van der Waals surface area (Å²) in [5, 5.41) is 3.48. The maximum Gasteiger partial charge on any atom is 0.337 e. The minimum atomic E-state index is -0.303. The second-order valence-corrected chi connectivity index (χ2v) is 5.20. The lowest BCUT2D eigenvalue weighted by molar-refractivity contribution is 0.0600. The first-order valence-corrected chi connectivity index (χ1v) is 7.07. The number of ether oxygens (including phenoxy) is 1. The van der Waals surface area contributed by atoms with Crippen LogP contribution in [0.15, 0.2) is 48.5 Å². The fraction of sp³-hybridized carbons (Fsp3) is 0.278. The number of esters is 1. The van der Waals surface area contributed by atoms with Crippen LogP contribution in [0, 0.1) is 6.92 Å². The number of methoxy groups -OCH3 is 1.